The zero-order valence-electron chi connectivity index (χ0n) is 16.0. The van der Waals surface area contributed by atoms with Crippen LogP contribution in [0.4, 0.5) is 10.5 Å². The van der Waals surface area contributed by atoms with E-state index in [2.05, 4.69) is 22.1 Å². The van der Waals surface area contributed by atoms with Crippen molar-refractivity contribution >= 4 is 11.7 Å². The molecule has 2 amide bonds. The first-order chi connectivity index (χ1) is 13.1. The number of aromatic nitrogens is 2. The maximum absolute atomic E-state index is 12.5. The van der Waals surface area contributed by atoms with E-state index in [1.165, 1.54) is 19.3 Å². The Morgan fingerprint density at radius 3 is 2.63 bits per heavy atom. The van der Waals surface area contributed by atoms with Crippen LogP contribution in [0, 0.1) is 0 Å². The van der Waals surface area contributed by atoms with Crippen molar-refractivity contribution in [2.45, 2.75) is 63.6 Å². The van der Waals surface area contributed by atoms with Gasteiger partial charge in [0.05, 0.1) is 5.69 Å². The molecule has 2 saturated heterocycles. The topological polar surface area (TPSA) is 88.5 Å². The Kier molecular flexibility index (Phi) is 4.86. The average Bonchev–Trinajstić information content (AvgIpc) is 3.12. The van der Waals surface area contributed by atoms with Crippen molar-refractivity contribution in [1.82, 2.24) is 15.0 Å². The first-order valence-corrected chi connectivity index (χ1v) is 9.81. The van der Waals surface area contributed by atoms with E-state index in [0.717, 1.165) is 24.1 Å². The van der Waals surface area contributed by atoms with Crippen LogP contribution in [0.15, 0.2) is 28.8 Å². The highest BCUT2D eigenvalue weighted by atomic mass is 16.5. The molecule has 2 fully saturated rings. The number of primary amides is 1. The third kappa shape index (κ3) is 3.32. The average molecular weight is 369 g/mol. The van der Waals surface area contributed by atoms with E-state index in [1.807, 2.05) is 31.2 Å². The number of rotatable bonds is 4. The smallest absolute Gasteiger partial charge is 0.319 e. The van der Waals surface area contributed by atoms with Crippen molar-refractivity contribution in [2.75, 3.05) is 11.9 Å². The Morgan fingerprint density at radius 1 is 1.30 bits per heavy atom. The number of nitrogens with zero attached hydrogens (tertiary/aromatic N) is 4. The van der Waals surface area contributed by atoms with Gasteiger partial charge in [-0.2, -0.15) is 4.98 Å². The van der Waals surface area contributed by atoms with Crippen molar-refractivity contribution in [2.24, 2.45) is 5.73 Å². The standard InChI is InChI=1S/C20H27N5O2/c1-3-18-22-19(23-27-18)16-9-4-5-10-17(16)25(20(21)26)15-11-13-7-6-8-14(12-15)24(13)2/h4-5,9-10,13-15H,3,6-8,11-12H2,1-2H3,(H2,21,26)/t13-,14+,15+. The van der Waals surface area contributed by atoms with E-state index in [1.54, 1.807) is 4.90 Å². The highest BCUT2D eigenvalue weighted by Gasteiger charge is 2.40. The van der Waals surface area contributed by atoms with Crippen LogP contribution in [0.1, 0.15) is 44.9 Å². The monoisotopic (exact) mass is 369 g/mol. The van der Waals surface area contributed by atoms with Gasteiger partial charge in [0.15, 0.2) is 0 Å². The van der Waals surface area contributed by atoms with E-state index < -0.39 is 6.03 Å². The van der Waals surface area contributed by atoms with Gasteiger partial charge in [-0.1, -0.05) is 30.6 Å². The highest BCUT2D eigenvalue weighted by Crippen LogP contribution is 2.38. The quantitative estimate of drug-likeness (QED) is 0.894. The normalized spacial score (nSPS) is 25.3. The fourth-order valence-corrected chi connectivity index (χ4v) is 4.67. The molecule has 3 heterocycles. The fourth-order valence-electron chi connectivity index (χ4n) is 4.67. The van der Waals surface area contributed by atoms with Gasteiger partial charge in [0.2, 0.25) is 11.7 Å². The minimum absolute atomic E-state index is 0.0905. The second-order valence-corrected chi connectivity index (χ2v) is 7.62. The molecule has 2 aliphatic heterocycles. The molecule has 2 bridgehead atoms. The number of piperidine rings is 2. The van der Waals surface area contributed by atoms with Gasteiger partial charge in [-0.25, -0.2) is 4.79 Å². The molecule has 27 heavy (non-hydrogen) atoms. The van der Waals surface area contributed by atoms with E-state index >= 15 is 0 Å². The van der Waals surface area contributed by atoms with Crippen molar-refractivity contribution < 1.29 is 9.32 Å². The van der Waals surface area contributed by atoms with E-state index in [0.29, 0.717) is 30.2 Å². The van der Waals surface area contributed by atoms with E-state index in [4.69, 9.17) is 10.3 Å². The number of carbonyl (C=O) groups is 1. The number of nitrogens with two attached hydrogens (primary N) is 1. The maximum atomic E-state index is 12.5. The lowest BCUT2D eigenvalue weighted by atomic mass is 9.81. The number of carbonyl (C=O) groups excluding carboxylic acids is 1. The molecule has 0 spiro atoms. The molecule has 0 saturated carbocycles. The summed E-state index contributed by atoms with van der Waals surface area (Å²) in [4.78, 5) is 21.2. The van der Waals surface area contributed by atoms with Crippen molar-refractivity contribution in [1.29, 1.82) is 0 Å². The van der Waals surface area contributed by atoms with Gasteiger partial charge in [-0.15, -0.1) is 0 Å². The zero-order valence-corrected chi connectivity index (χ0v) is 16.0. The zero-order chi connectivity index (χ0) is 19.0. The summed E-state index contributed by atoms with van der Waals surface area (Å²) in [7, 11) is 2.21. The highest BCUT2D eigenvalue weighted by molar-refractivity contribution is 5.95. The van der Waals surface area contributed by atoms with Crippen LogP contribution in [-0.2, 0) is 6.42 Å². The number of para-hydroxylation sites is 1. The molecule has 1 aromatic heterocycles. The molecule has 3 atom stereocenters. The summed E-state index contributed by atoms with van der Waals surface area (Å²) in [6, 6.07) is 8.37. The third-order valence-corrected chi connectivity index (χ3v) is 6.09. The van der Waals surface area contributed by atoms with Crippen molar-refractivity contribution in [3.05, 3.63) is 30.2 Å². The second-order valence-electron chi connectivity index (χ2n) is 7.62. The van der Waals surface area contributed by atoms with Gasteiger partial charge < -0.3 is 15.2 Å². The number of benzene rings is 1. The molecule has 7 nitrogen and oxygen atoms in total. The number of aryl methyl sites for hydroxylation is 1. The van der Waals surface area contributed by atoms with Crippen LogP contribution in [0.3, 0.4) is 0 Å². The minimum Gasteiger partial charge on any atom is -0.351 e. The minimum atomic E-state index is -0.422. The summed E-state index contributed by atoms with van der Waals surface area (Å²) in [6.45, 7) is 1.97. The Hall–Kier alpha value is -2.41. The molecule has 0 radical (unpaired) electrons. The predicted molar refractivity (Wildman–Crippen MR) is 103 cm³/mol. The molecule has 2 aliphatic rings. The predicted octanol–water partition coefficient (Wildman–Crippen LogP) is 3.20. The molecule has 1 aromatic carbocycles. The van der Waals surface area contributed by atoms with Crippen LogP contribution in [0.2, 0.25) is 0 Å². The first kappa shape index (κ1) is 18.0. The van der Waals surface area contributed by atoms with Gasteiger partial charge in [0.1, 0.15) is 0 Å². The van der Waals surface area contributed by atoms with Crippen LogP contribution in [-0.4, -0.2) is 46.2 Å². The Labute approximate surface area is 159 Å². The van der Waals surface area contributed by atoms with Gasteiger partial charge in [0, 0.05) is 30.1 Å². The molecule has 2 aromatic rings. The van der Waals surface area contributed by atoms with Crippen LogP contribution >= 0.6 is 0 Å². The summed E-state index contributed by atoms with van der Waals surface area (Å²) in [5.74, 6) is 1.08. The molecular formula is C20H27N5O2. The summed E-state index contributed by atoms with van der Waals surface area (Å²) in [5, 5.41) is 4.10. The molecule has 4 rings (SSSR count). The fraction of sp³-hybridized carbons (Fsp3) is 0.550. The summed E-state index contributed by atoms with van der Waals surface area (Å²) < 4.78 is 5.28. The summed E-state index contributed by atoms with van der Waals surface area (Å²) in [5.41, 5.74) is 7.42. The number of amides is 2. The molecule has 2 N–H and O–H groups in total. The maximum Gasteiger partial charge on any atom is 0.319 e. The molecular weight excluding hydrogens is 342 g/mol. The first-order valence-electron chi connectivity index (χ1n) is 9.81. The van der Waals surface area contributed by atoms with Crippen LogP contribution in [0.5, 0.6) is 0 Å². The lowest BCUT2D eigenvalue weighted by Gasteiger charge is -2.49. The van der Waals surface area contributed by atoms with Crippen LogP contribution < -0.4 is 10.6 Å². The van der Waals surface area contributed by atoms with Crippen molar-refractivity contribution in [3.63, 3.8) is 0 Å². The van der Waals surface area contributed by atoms with Crippen LogP contribution in [0.25, 0.3) is 11.4 Å². The summed E-state index contributed by atoms with van der Waals surface area (Å²) >= 11 is 0. The van der Waals surface area contributed by atoms with Gasteiger partial charge in [-0.3, -0.25) is 4.90 Å². The number of fused-ring (bicyclic) bond motifs is 2. The number of anilines is 1. The number of hydrogen-bond acceptors (Lipinski definition) is 5. The van der Waals surface area contributed by atoms with E-state index in [9.17, 15) is 4.79 Å². The molecule has 0 aliphatic carbocycles. The lowest BCUT2D eigenvalue weighted by molar-refractivity contribution is 0.0564. The van der Waals surface area contributed by atoms with Gasteiger partial charge >= 0.3 is 6.03 Å². The van der Waals surface area contributed by atoms with Crippen molar-refractivity contribution in [3.8, 4) is 11.4 Å². The number of hydrogen-bond donors (Lipinski definition) is 1. The third-order valence-electron chi connectivity index (χ3n) is 6.09. The molecule has 144 valence electrons. The molecule has 0 unspecified atom stereocenters. The Morgan fingerprint density at radius 2 is 2.00 bits per heavy atom. The Bertz CT molecular complexity index is 806. The summed E-state index contributed by atoms with van der Waals surface area (Å²) in [6.07, 6.45) is 6.19. The van der Waals surface area contributed by atoms with E-state index in [-0.39, 0.29) is 6.04 Å². The second kappa shape index (κ2) is 7.31. The number of urea groups is 1. The van der Waals surface area contributed by atoms with Gasteiger partial charge in [0.25, 0.3) is 0 Å². The largest absolute Gasteiger partial charge is 0.351 e. The SMILES string of the molecule is CCc1nc(-c2ccccc2N(C(N)=O)[C@H]2C[C@H]3CCC[C@@H](C2)N3C)no1. The Balaban J connectivity index is 1.70. The van der Waals surface area contributed by atoms with Gasteiger partial charge in [-0.05, 0) is 44.9 Å². The lowest BCUT2D eigenvalue weighted by Crippen LogP contribution is -2.57. The molecule has 7 heteroatoms.